The number of carbonyl (C=O) groups excluding carboxylic acids is 1. The molecular formula is C13H26N2O. The molecule has 3 N–H and O–H groups in total. The predicted octanol–water partition coefficient (Wildman–Crippen LogP) is 2.06. The summed E-state index contributed by atoms with van der Waals surface area (Å²) in [5.41, 5.74) is 6.09. The molecule has 0 aromatic rings. The summed E-state index contributed by atoms with van der Waals surface area (Å²) in [5, 5.41) is 3.02. The van der Waals surface area contributed by atoms with Crippen molar-refractivity contribution >= 4 is 5.91 Å². The summed E-state index contributed by atoms with van der Waals surface area (Å²) in [6, 6.07) is 0.0555. The van der Waals surface area contributed by atoms with E-state index in [1.54, 1.807) is 0 Å². The standard InChI is InChI=1S/C13H26N2O/c1-3-4-5-9-15-13(16)11-8-6-7-10(2)12(11)14/h10-12H,3-9,14H2,1-2H3,(H,15,16). The van der Waals surface area contributed by atoms with E-state index in [0.29, 0.717) is 5.92 Å². The van der Waals surface area contributed by atoms with Crippen LogP contribution in [-0.4, -0.2) is 18.5 Å². The average molecular weight is 226 g/mol. The fourth-order valence-corrected chi connectivity index (χ4v) is 2.46. The second-order valence-corrected chi connectivity index (χ2v) is 5.09. The van der Waals surface area contributed by atoms with Gasteiger partial charge in [0.2, 0.25) is 5.91 Å². The maximum absolute atomic E-state index is 11.9. The number of nitrogens with one attached hydrogen (secondary N) is 1. The Morgan fingerprint density at radius 3 is 2.81 bits per heavy atom. The second kappa shape index (κ2) is 6.89. The summed E-state index contributed by atoms with van der Waals surface area (Å²) in [5.74, 6) is 0.709. The number of amides is 1. The minimum atomic E-state index is 0.0466. The molecule has 1 aliphatic carbocycles. The van der Waals surface area contributed by atoms with Crippen LogP contribution in [0.4, 0.5) is 0 Å². The van der Waals surface area contributed by atoms with Crippen LogP contribution in [0.3, 0.4) is 0 Å². The zero-order valence-electron chi connectivity index (χ0n) is 10.7. The van der Waals surface area contributed by atoms with Gasteiger partial charge in [0.1, 0.15) is 0 Å². The zero-order valence-corrected chi connectivity index (χ0v) is 10.7. The van der Waals surface area contributed by atoms with Gasteiger partial charge < -0.3 is 11.1 Å². The first-order valence-corrected chi connectivity index (χ1v) is 6.70. The molecule has 1 amide bonds. The van der Waals surface area contributed by atoms with Crippen LogP contribution in [0, 0.1) is 11.8 Å². The predicted molar refractivity (Wildman–Crippen MR) is 67.0 cm³/mol. The number of hydrogen-bond donors (Lipinski definition) is 2. The van der Waals surface area contributed by atoms with E-state index < -0.39 is 0 Å². The van der Waals surface area contributed by atoms with Crippen molar-refractivity contribution in [2.75, 3.05) is 6.54 Å². The van der Waals surface area contributed by atoms with E-state index in [1.165, 1.54) is 19.3 Å². The average Bonchev–Trinajstić information content (AvgIpc) is 2.28. The van der Waals surface area contributed by atoms with E-state index in [4.69, 9.17) is 5.73 Å². The van der Waals surface area contributed by atoms with Crippen molar-refractivity contribution in [2.45, 2.75) is 58.4 Å². The highest BCUT2D eigenvalue weighted by Gasteiger charge is 2.32. The van der Waals surface area contributed by atoms with E-state index in [2.05, 4.69) is 19.2 Å². The summed E-state index contributed by atoms with van der Waals surface area (Å²) < 4.78 is 0. The second-order valence-electron chi connectivity index (χ2n) is 5.09. The Balaban J connectivity index is 2.29. The van der Waals surface area contributed by atoms with Crippen molar-refractivity contribution in [1.29, 1.82) is 0 Å². The molecule has 1 fully saturated rings. The lowest BCUT2D eigenvalue weighted by atomic mass is 9.78. The number of rotatable bonds is 5. The summed E-state index contributed by atoms with van der Waals surface area (Å²) >= 11 is 0. The van der Waals surface area contributed by atoms with E-state index in [1.807, 2.05) is 0 Å². The molecule has 1 aliphatic rings. The molecule has 0 bridgehead atoms. The fourth-order valence-electron chi connectivity index (χ4n) is 2.46. The number of unbranched alkanes of at least 4 members (excludes halogenated alkanes) is 2. The van der Waals surface area contributed by atoms with Gasteiger partial charge in [0.25, 0.3) is 0 Å². The highest BCUT2D eigenvalue weighted by Crippen LogP contribution is 2.27. The third-order valence-electron chi connectivity index (χ3n) is 3.71. The number of carbonyl (C=O) groups is 1. The van der Waals surface area contributed by atoms with E-state index in [0.717, 1.165) is 25.8 Å². The highest BCUT2D eigenvalue weighted by atomic mass is 16.1. The summed E-state index contributed by atoms with van der Waals surface area (Å²) in [6.07, 6.45) is 6.73. The van der Waals surface area contributed by atoms with Crippen molar-refractivity contribution in [3.05, 3.63) is 0 Å². The smallest absolute Gasteiger partial charge is 0.224 e. The van der Waals surface area contributed by atoms with Gasteiger partial charge >= 0.3 is 0 Å². The molecular weight excluding hydrogens is 200 g/mol. The van der Waals surface area contributed by atoms with Crippen molar-refractivity contribution in [3.63, 3.8) is 0 Å². The molecule has 0 aromatic carbocycles. The molecule has 16 heavy (non-hydrogen) atoms. The van der Waals surface area contributed by atoms with Gasteiger partial charge in [-0.15, -0.1) is 0 Å². The van der Waals surface area contributed by atoms with Crippen LogP contribution in [0.15, 0.2) is 0 Å². The lowest BCUT2D eigenvalue weighted by Crippen LogP contribution is -2.47. The number of nitrogens with two attached hydrogens (primary N) is 1. The monoisotopic (exact) mass is 226 g/mol. The SMILES string of the molecule is CCCCCNC(=O)C1CCCC(C)C1N. The Labute approximate surface area is 99.2 Å². The van der Waals surface area contributed by atoms with Crippen LogP contribution in [0.5, 0.6) is 0 Å². The molecule has 0 aliphatic heterocycles. The quantitative estimate of drug-likeness (QED) is 0.705. The fraction of sp³-hybridized carbons (Fsp3) is 0.923. The van der Waals surface area contributed by atoms with Gasteiger partial charge in [-0.3, -0.25) is 4.79 Å². The molecule has 3 atom stereocenters. The maximum Gasteiger partial charge on any atom is 0.224 e. The van der Waals surface area contributed by atoms with Crippen molar-refractivity contribution in [1.82, 2.24) is 5.32 Å². The van der Waals surface area contributed by atoms with Crippen molar-refractivity contribution < 1.29 is 4.79 Å². The normalized spacial score (nSPS) is 30.1. The van der Waals surface area contributed by atoms with Gasteiger partial charge in [-0.2, -0.15) is 0 Å². The van der Waals surface area contributed by atoms with E-state index in [-0.39, 0.29) is 17.9 Å². The first-order chi connectivity index (χ1) is 7.66. The van der Waals surface area contributed by atoms with Gasteiger partial charge in [-0.05, 0) is 25.2 Å². The molecule has 0 radical (unpaired) electrons. The first kappa shape index (κ1) is 13.5. The summed E-state index contributed by atoms with van der Waals surface area (Å²) in [7, 11) is 0. The summed E-state index contributed by atoms with van der Waals surface area (Å²) in [6.45, 7) is 5.13. The van der Waals surface area contributed by atoms with Gasteiger partial charge in [0.05, 0.1) is 5.92 Å². The van der Waals surface area contributed by atoms with Crippen LogP contribution < -0.4 is 11.1 Å². The molecule has 1 rings (SSSR count). The Kier molecular flexibility index (Phi) is 5.81. The van der Waals surface area contributed by atoms with E-state index in [9.17, 15) is 4.79 Å². The minimum absolute atomic E-state index is 0.0466. The Morgan fingerprint density at radius 1 is 1.38 bits per heavy atom. The first-order valence-electron chi connectivity index (χ1n) is 6.70. The Morgan fingerprint density at radius 2 is 2.12 bits per heavy atom. The topological polar surface area (TPSA) is 55.1 Å². The van der Waals surface area contributed by atoms with Crippen molar-refractivity contribution in [3.8, 4) is 0 Å². The molecule has 0 spiro atoms. The van der Waals surface area contributed by atoms with Crippen LogP contribution >= 0.6 is 0 Å². The third-order valence-corrected chi connectivity index (χ3v) is 3.71. The van der Waals surface area contributed by atoms with Crippen LogP contribution in [-0.2, 0) is 4.79 Å². The lowest BCUT2D eigenvalue weighted by Gasteiger charge is -2.32. The van der Waals surface area contributed by atoms with Crippen molar-refractivity contribution in [2.24, 2.45) is 17.6 Å². The molecule has 94 valence electrons. The largest absolute Gasteiger partial charge is 0.356 e. The molecule has 0 aromatic heterocycles. The minimum Gasteiger partial charge on any atom is -0.356 e. The lowest BCUT2D eigenvalue weighted by molar-refractivity contribution is -0.127. The number of hydrogen-bond acceptors (Lipinski definition) is 2. The van der Waals surface area contributed by atoms with Crippen LogP contribution in [0.25, 0.3) is 0 Å². The van der Waals surface area contributed by atoms with Gasteiger partial charge in [-0.1, -0.05) is 33.1 Å². The van der Waals surface area contributed by atoms with Gasteiger partial charge in [0.15, 0.2) is 0 Å². The zero-order chi connectivity index (χ0) is 12.0. The van der Waals surface area contributed by atoms with Crippen LogP contribution in [0.1, 0.15) is 52.4 Å². The Bertz CT molecular complexity index is 218. The van der Waals surface area contributed by atoms with Gasteiger partial charge in [-0.25, -0.2) is 0 Å². The molecule has 1 saturated carbocycles. The van der Waals surface area contributed by atoms with E-state index >= 15 is 0 Å². The Hall–Kier alpha value is -0.570. The molecule has 3 heteroatoms. The molecule has 0 heterocycles. The molecule has 3 nitrogen and oxygen atoms in total. The summed E-state index contributed by atoms with van der Waals surface area (Å²) in [4.78, 5) is 11.9. The third kappa shape index (κ3) is 3.78. The maximum atomic E-state index is 11.9. The highest BCUT2D eigenvalue weighted by molar-refractivity contribution is 5.79. The molecule has 0 saturated heterocycles. The van der Waals surface area contributed by atoms with Gasteiger partial charge in [0, 0.05) is 12.6 Å². The molecule has 3 unspecified atom stereocenters. The van der Waals surface area contributed by atoms with Crippen LogP contribution in [0.2, 0.25) is 0 Å².